The Bertz CT molecular complexity index is 256. The molecule has 0 saturated carbocycles. The predicted molar refractivity (Wildman–Crippen MR) is 68.0 cm³/mol. The van der Waals surface area contributed by atoms with Crippen LogP contribution in [0.3, 0.4) is 0 Å². The van der Waals surface area contributed by atoms with Crippen LogP contribution in [0.25, 0.3) is 0 Å². The Balaban J connectivity index is 2.29. The maximum Gasteiger partial charge on any atom is 0.306 e. The molecule has 0 N–H and O–H groups in total. The van der Waals surface area contributed by atoms with Crippen molar-refractivity contribution >= 4 is 11.9 Å². The Morgan fingerprint density at radius 2 is 1.06 bits per heavy atom. The summed E-state index contributed by atoms with van der Waals surface area (Å²) in [6.45, 7) is 0.521. The van der Waals surface area contributed by atoms with Gasteiger partial charge in [0.2, 0.25) is 0 Å². The number of esters is 2. The van der Waals surface area contributed by atoms with Crippen molar-refractivity contribution in [3.05, 3.63) is 12.2 Å². The number of ether oxygens (including phenoxy) is 2. The van der Waals surface area contributed by atoms with E-state index in [0.717, 1.165) is 38.5 Å². The number of carbonyl (C=O) groups is 2. The summed E-state index contributed by atoms with van der Waals surface area (Å²) in [4.78, 5) is 22.6. The highest BCUT2D eigenvalue weighted by Crippen LogP contribution is 2.09. The van der Waals surface area contributed by atoms with E-state index in [4.69, 9.17) is 9.47 Å². The van der Waals surface area contributed by atoms with Gasteiger partial charge in [-0.1, -0.05) is 25.7 Å². The minimum absolute atomic E-state index is 0.149. The van der Waals surface area contributed by atoms with E-state index >= 15 is 0 Å². The van der Waals surface area contributed by atoms with Gasteiger partial charge in [-0.25, -0.2) is 0 Å². The van der Waals surface area contributed by atoms with Crippen molar-refractivity contribution in [1.82, 2.24) is 0 Å². The second-order valence-electron chi connectivity index (χ2n) is 4.46. The normalized spacial score (nSPS) is 22.9. The van der Waals surface area contributed by atoms with Gasteiger partial charge in [-0.05, 0) is 25.0 Å². The van der Waals surface area contributed by atoms with Crippen molar-refractivity contribution in [2.75, 3.05) is 13.2 Å². The van der Waals surface area contributed by atoms with Crippen LogP contribution in [0.15, 0.2) is 12.2 Å². The fourth-order valence-corrected chi connectivity index (χ4v) is 1.81. The van der Waals surface area contributed by atoms with Crippen LogP contribution >= 0.6 is 0 Å². The van der Waals surface area contributed by atoms with Crippen molar-refractivity contribution in [2.45, 2.75) is 51.4 Å². The molecule has 0 aromatic carbocycles. The topological polar surface area (TPSA) is 52.6 Å². The molecule has 0 aromatic rings. The van der Waals surface area contributed by atoms with Crippen molar-refractivity contribution in [1.29, 1.82) is 0 Å². The van der Waals surface area contributed by atoms with Crippen LogP contribution in [0.2, 0.25) is 0 Å². The van der Waals surface area contributed by atoms with E-state index in [1.54, 1.807) is 12.2 Å². The number of hydrogen-bond acceptors (Lipinski definition) is 4. The lowest BCUT2D eigenvalue weighted by Crippen LogP contribution is -2.06. The lowest BCUT2D eigenvalue weighted by molar-refractivity contribution is -0.143. The summed E-state index contributed by atoms with van der Waals surface area (Å²) < 4.78 is 10.0. The van der Waals surface area contributed by atoms with Gasteiger partial charge in [0.25, 0.3) is 0 Å². The second kappa shape index (κ2) is 9.68. The summed E-state index contributed by atoms with van der Waals surface area (Å²) in [7, 11) is 0. The maximum absolute atomic E-state index is 11.3. The van der Waals surface area contributed by atoms with E-state index in [2.05, 4.69) is 0 Å². The van der Waals surface area contributed by atoms with Gasteiger partial charge in [0.15, 0.2) is 0 Å². The van der Waals surface area contributed by atoms with Crippen LogP contribution in [-0.4, -0.2) is 25.2 Å². The molecule has 0 aliphatic carbocycles. The highest BCUT2D eigenvalue weighted by atomic mass is 16.5. The van der Waals surface area contributed by atoms with E-state index in [0.29, 0.717) is 12.8 Å². The SMILES string of the molecule is O=C1CCCCCCCCC(=O)OC/C=C/CO1. The summed E-state index contributed by atoms with van der Waals surface area (Å²) in [5.41, 5.74) is 0. The average Bonchev–Trinajstić information content (AvgIpc) is 2.35. The third-order valence-corrected chi connectivity index (χ3v) is 2.86. The first-order valence-corrected chi connectivity index (χ1v) is 6.75. The van der Waals surface area contributed by atoms with Crippen LogP contribution in [-0.2, 0) is 19.1 Å². The molecule has 4 heteroatoms. The van der Waals surface area contributed by atoms with Gasteiger partial charge in [-0.15, -0.1) is 0 Å². The molecule has 0 atom stereocenters. The van der Waals surface area contributed by atoms with Crippen LogP contribution in [0, 0.1) is 0 Å². The van der Waals surface area contributed by atoms with Gasteiger partial charge < -0.3 is 9.47 Å². The molecule has 0 amide bonds. The Morgan fingerprint density at radius 3 is 1.50 bits per heavy atom. The molecule has 0 bridgehead atoms. The Morgan fingerprint density at radius 1 is 0.667 bits per heavy atom. The van der Waals surface area contributed by atoms with E-state index in [1.165, 1.54) is 0 Å². The van der Waals surface area contributed by atoms with Crippen molar-refractivity contribution < 1.29 is 19.1 Å². The quantitative estimate of drug-likeness (QED) is 0.492. The first-order valence-electron chi connectivity index (χ1n) is 6.75. The largest absolute Gasteiger partial charge is 0.461 e. The predicted octanol–water partition coefficient (Wildman–Crippen LogP) is 2.76. The molecular formula is C14H22O4. The second-order valence-corrected chi connectivity index (χ2v) is 4.46. The van der Waals surface area contributed by atoms with Gasteiger partial charge >= 0.3 is 11.9 Å². The zero-order valence-corrected chi connectivity index (χ0v) is 10.9. The minimum Gasteiger partial charge on any atom is -0.461 e. The molecular weight excluding hydrogens is 232 g/mol. The molecule has 0 saturated heterocycles. The monoisotopic (exact) mass is 254 g/mol. The van der Waals surface area contributed by atoms with E-state index in [-0.39, 0.29) is 25.2 Å². The Kier molecular flexibility index (Phi) is 7.93. The number of cyclic esters (lactones) is 2. The van der Waals surface area contributed by atoms with E-state index < -0.39 is 0 Å². The van der Waals surface area contributed by atoms with Gasteiger partial charge in [0, 0.05) is 12.8 Å². The van der Waals surface area contributed by atoms with Gasteiger partial charge in [0.1, 0.15) is 13.2 Å². The molecule has 4 nitrogen and oxygen atoms in total. The molecule has 1 aliphatic rings. The molecule has 1 heterocycles. The Hall–Kier alpha value is -1.32. The van der Waals surface area contributed by atoms with Crippen molar-refractivity contribution in [3.8, 4) is 0 Å². The van der Waals surface area contributed by atoms with Crippen LogP contribution < -0.4 is 0 Å². The van der Waals surface area contributed by atoms with Gasteiger partial charge in [0.05, 0.1) is 0 Å². The van der Waals surface area contributed by atoms with Crippen molar-refractivity contribution in [3.63, 3.8) is 0 Å². The fourth-order valence-electron chi connectivity index (χ4n) is 1.81. The summed E-state index contributed by atoms with van der Waals surface area (Å²) in [5, 5.41) is 0. The maximum atomic E-state index is 11.3. The summed E-state index contributed by atoms with van der Waals surface area (Å²) in [6.07, 6.45) is 10.5. The van der Waals surface area contributed by atoms with E-state index in [9.17, 15) is 9.59 Å². The fraction of sp³-hybridized carbons (Fsp3) is 0.714. The average molecular weight is 254 g/mol. The van der Waals surface area contributed by atoms with Crippen LogP contribution in [0.4, 0.5) is 0 Å². The standard InChI is InChI=1S/C14H22O4/c15-13-9-5-3-1-2-4-6-10-14(16)18-12-8-7-11-17-13/h7-8H,1-6,9-12H2/b8-7+. The molecule has 1 rings (SSSR count). The molecule has 102 valence electrons. The van der Waals surface area contributed by atoms with E-state index in [1.807, 2.05) is 0 Å². The molecule has 0 spiro atoms. The molecule has 0 radical (unpaired) electrons. The van der Waals surface area contributed by atoms with Crippen LogP contribution in [0.1, 0.15) is 51.4 Å². The third kappa shape index (κ3) is 7.87. The first kappa shape index (κ1) is 14.7. The Labute approximate surface area is 108 Å². The van der Waals surface area contributed by atoms with Crippen LogP contribution in [0.5, 0.6) is 0 Å². The molecule has 0 aromatic heterocycles. The zero-order valence-electron chi connectivity index (χ0n) is 10.9. The third-order valence-electron chi connectivity index (χ3n) is 2.86. The highest BCUT2D eigenvalue weighted by Gasteiger charge is 2.03. The molecule has 0 fully saturated rings. The van der Waals surface area contributed by atoms with Gasteiger partial charge in [-0.3, -0.25) is 9.59 Å². The van der Waals surface area contributed by atoms with Crippen molar-refractivity contribution in [2.24, 2.45) is 0 Å². The summed E-state index contributed by atoms with van der Waals surface area (Å²) in [6, 6.07) is 0. The zero-order chi connectivity index (χ0) is 13.1. The summed E-state index contributed by atoms with van der Waals surface area (Å²) in [5.74, 6) is -0.299. The number of hydrogen-bond donors (Lipinski definition) is 0. The number of carbonyl (C=O) groups excluding carboxylic acids is 2. The summed E-state index contributed by atoms with van der Waals surface area (Å²) >= 11 is 0. The first-order chi connectivity index (χ1) is 8.79. The smallest absolute Gasteiger partial charge is 0.306 e. The molecule has 1 aliphatic heterocycles. The lowest BCUT2D eigenvalue weighted by atomic mass is 10.1. The number of rotatable bonds is 0. The minimum atomic E-state index is -0.149. The molecule has 0 unspecified atom stereocenters. The highest BCUT2D eigenvalue weighted by molar-refractivity contribution is 5.69. The van der Waals surface area contributed by atoms with Gasteiger partial charge in [-0.2, -0.15) is 0 Å². The lowest BCUT2D eigenvalue weighted by Gasteiger charge is -2.05. The molecule has 18 heavy (non-hydrogen) atoms.